The van der Waals surface area contributed by atoms with Crippen molar-refractivity contribution in [3.8, 4) is 5.75 Å². The van der Waals surface area contributed by atoms with Crippen molar-refractivity contribution < 1.29 is 22.7 Å². The summed E-state index contributed by atoms with van der Waals surface area (Å²) in [5, 5.41) is 2.47. The lowest BCUT2D eigenvalue weighted by atomic mass is 10.2. The zero-order valence-electron chi connectivity index (χ0n) is 11.1. The fourth-order valence-corrected chi connectivity index (χ4v) is 1.62. The summed E-state index contributed by atoms with van der Waals surface area (Å²) in [4.78, 5) is 12.5. The Hall–Kier alpha value is -1.96. The molecule has 8 heteroatoms. The second-order valence-electron chi connectivity index (χ2n) is 4.30. The normalized spacial score (nSPS) is 11.5. The van der Waals surface area contributed by atoms with Gasteiger partial charge in [-0.15, -0.1) is 0 Å². The van der Waals surface area contributed by atoms with Gasteiger partial charge in [-0.1, -0.05) is 0 Å². The van der Waals surface area contributed by atoms with Crippen LogP contribution in [0.15, 0.2) is 18.2 Å². The number of hydrogen-bond donors (Lipinski definition) is 2. The molecule has 0 atom stereocenters. The van der Waals surface area contributed by atoms with E-state index in [1.807, 2.05) is 0 Å². The van der Waals surface area contributed by atoms with Gasteiger partial charge in [-0.05, 0) is 25.2 Å². The van der Waals surface area contributed by atoms with E-state index in [9.17, 15) is 18.0 Å². The largest absolute Gasteiger partial charge is 0.495 e. The fraction of sp³-hybridized carbons (Fsp3) is 0.417. The number of rotatable bonds is 5. The van der Waals surface area contributed by atoms with Crippen LogP contribution in [0.3, 0.4) is 0 Å². The lowest BCUT2D eigenvalue weighted by molar-refractivity contribution is -0.145. The van der Waals surface area contributed by atoms with Crippen LogP contribution < -0.4 is 15.8 Å². The van der Waals surface area contributed by atoms with Gasteiger partial charge in [0.05, 0.1) is 25.9 Å². The minimum Gasteiger partial charge on any atom is -0.495 e. The molecule has 0 radical (unpaired) electrons. The van der Waals surface area contributed by atoms with Crippen LogP contribution in [0, 0.1) is 0 Å². The van der Waals surface area contributed by atoms with Crippen molar-refractivity contribution in [3.63, 3.8) is 0 Å². The Bertz CT molecular complexity index is 478. The van der Waals surface area contributed by atoms with Gasteiger partial charge in [-0.3, -0.25) is 9.69 Å². The lowest BCUT2D eigenvalue weighted by Crippen LogP contribution is -2.36. The molecule has 20 heavy (non-hydrogen) atoms. The number of amides is 1. The first-order chi connectivity index (χ1) is 9.21. The molecule has 1 amide bonds. The molecule has 0 aliphatic rings. The quantitative estimate of drug-likeness (QED) is 0.810. The van der Waals surface area contributed by atoms with E-state index in [0.29, 0.717) is 17.1 Å². The van der Waals surface area contributed by atoms with Crippen LogP contribution in [-0.2, 0) is 4.79 Å². The van der Waals surface area contributed by atoms with Crippen LogP contribution in [0.2, 0.25) is 0 Å². The number of nitrogens with one attached hydrogen (secondary N) is 1. The molecule has 0 aliphatic carbocycles. The third-order valence-electron chi connectivity index (χ3n) is 2.36. The van der Waals surface area contributed by atoms with Gasteiger partial charge in [0.2, 0.25) is 5.91 Å². The summed E-state index contributed by atoms with van der Waals surface area (Å²) >= 11 is 0. The molecule has 0 fully saturated rings. The number of benzene rings is 1. The van der Waals surface area contributed by atoms with Gasteiger partial charge in [0.15, 0.2) is 0 Å². The third kappa shape index (κ3) is 5.35. The zero-order chi connectivity index (χ0) is 15.3. The summed E-state index contributed by atoms with van der Waals surface area (Å²) in [6, 6.07) is 4.62. The number of alkyl halides is 3. The Labute approximate surface area is 114 Å². The molecule has 0 aromatic heterocycles. The van der Waals surface area contributed by atoms with Gasteiger partial charge in [0, 0.05) is 5.69 Å². The van der Waals surface area contributed by atoms with E-state index in [1.54, 1.807) is 12.1 Å². The van der Waals surface area contributed by atoms with Crippen molar-refractivity contribution in [3.05, 3.63) is 18.2 Å². The first-order valence-electron chi connectivity index (χ1n) is 5.70. The highest BCUT2D eigenvalue weighted by molar-refractivity contribution is 5.94. The summed E-state index contributed by atoms with van der Waals surface area (Å²) in [7, 11) is 2.63. The number of ether oxygens (including phenoxy) is 1. The molecule has 3 N–H and O–H groups in total. The minimum absolute atomic E-state index is 0.318. The van der Waals surface area contributed by atoms with Crippen molar-refractivity contribution in [2.45, 2.75) is 6.18 Å². The Morgan fingerprint density at radius 1 is 1.45 bits per heavy atom. The van der Waals surface area contributed by atoms with Crippen LogP contribution in [0.25, 0.3) is 0 Å². The molecule has 0 bridgehead atoms. The summed E-state index contributed by atoms with van der Waals surface area (Å²) in [6.45, 7) is -1.55. The predicted octanol–water partition coefficient (Wildman–Crippen LogP) is 1.71. The predicted molar refractivity (Wildman–Crippen MR) is 69.6 cm³/mol. The molecule has 1 aromatic carbocycles. The number of nitrogen functional groups attached to an aromatic ring is 1. The van der Waals surface area contributed by atoms with Crippen molar-refractivity contribution >= 4 is 17.3 Å². The van der Waals surface area contributed by atoms with Crippen molar-refractivity contribution in [1.29, 1.82) is 0 Å². The standard InChI is InChI=1S/C12H16F3N3O2/c1-18(7-12(13,14)15)6-11(19)17-9-5-8(16)3-4-10(9)20-2/h3-5H,6-7,16H2,1-2H3,(H,17,19). The molecular formula is C12H16F3N3O2. The first-order valence-corrected chi connectivity index (χ1v) is 5.70. The summed E-state index contributed by atoms with van der Waals surface area (Å²) in [6.07, 6.45) is -4.34. The molecule has 1 aromatic rings. The SMILES string of the molecule is COc1ccc(N)cc1NC(=O)CN(C)CC(F)(F)F. The van der Waals surface area contributed by atoms with Gasteiger partial charge in [-0.2, -0.15) is 13.2 Å². The third-order valence-corrected chi connectivity index (χ3v) is 2.36. The molecule has 112 valence electrons. The number of likely N-dealkylation sites (N-methyl/N-ethyl adjacent to an activating group) is 1. The van der Waals surface area contributed by atoms with Crippen LogP contribution >= 0.6 is 0 Å². The average molecular weight is 291 g/mol. The Kier molecular flexibility index (Phi) is 5.20. The Balaban J connectivity index is 2.65. The van der Waals surface area contributed by atoms with Crippen LogP contribution in [-0.4, -0.2) is 44.2 Å². The van der Waals surface area contributed by atoms with Gasteiger partial charge < -0.3 is 15.8 Å². The van der Waals surface area contributed by atoms with Gasteiger partial charge >= 0.3 is 6.18 Å². The van der Waals surface area contributed by atoms with E-state index >= 15 is 0 Å². The molecular weight excluding hydrogens is 275 g/mol. The van der Waals surface area contributed by atoms with E-state index in [2.05, 4.69) is 5.32 Å². The first kappa shape index (κ1) is 16.1. The molecule has 0 aliphatic heterocycles. The Morgan fingerprint density at radius 2 is 2.10 bits per heavy atom. The monoisotopic (exact) mass is 291 g/mol. The lowest BCUT2D eigenvalue weighted by Gasteiger charge is -2.18. The van der Waals surface area contributed by atoms with E-state index in [1.165, 1.54) is 20.2 Å². The fourth-order valence-electron chi connectivity index (χ4n) is 1.62. The second-order valence-corrected chi connectivity index (χ2v) is 4.30. The average Bonchev–Trinajstić information content (AvgIpc) is 2.26. The molecule has 1 rings (SSSR count). The maximum Gasteiger partial charge on any atom is 0.401 e. The maximum atomic E-state index is 12.1. The molecule has 5 nitrogen and oxygen atoms in total. The van der Waals surface area contributed by atoms with Crippen LogP contribution in [0.4, 0.5) is 24.5 Å². The second kappa shape index (κ2) is 6.47. The molecule has 0 saturated heterocycles. The van der Waals surface area contributed by atoms with E-state index < -0.39 is 25.2 Å². The summed E-state index contributed by atoms with van der Waals surface area (Å²) in [5.74, 6) is -0.202. The molecule has 0 spiro atoms. The number of nitrogens with zero attached hydrogens (tertiary/aromatic N) is 1. The number of anilines is 2. The maximum absolute atomic E-state index is 12.1. The van der Waals surface area contributed by atoms with Crippen molar-refractivity contribution in [2.24, 2.45) is 0 Å². The molecule has 0 saturated carbocycles. The van der Waals surface area contributed by atoms with Crippen molar-refractivity contribution in [1.82, 2.24) is 4.90 Å². The number of hydrogen-bond acceptors (Lipinski definition) is 4. The molecule has 0 heterocycles. The summed E-state index contributed by atoms with van der Waals surface area (Å²) in [5.41, 5.74) is 6.30. The zero-order valence-corrected chi connectivity index (χ0v) is 11.1. The summed E-state index contributed by atoms with van der Waals surface area (Å²) < 4.78 is 41.5. The smallest absolute Gasteiger partial charge is 0.401 e. The van der Waals surface area contributed by atoms with E-state index in [-0.39, 0.29) is 0 Å². The number of carbonyl (C=O) groups excluding carboxylic acids is 1. The number of halogens is 3. The Morgan fingerprint density at radius 3 is 2.65 bits per heavy atom. The highest BCUT2D eigenvalue weighted by Crippen LogP contribution is 2.26. The minimum atomic E-state index is -4.34. The van der Waals surface area contributed by atoms with E-state index in [0.717, 1.165) is 4.90 Å². The molecule has 0 unspecified atom stereocenters. The number of nitrogens with two attached hydrogens (primary N) is 1. The van der Waals surface area contributed by atoms with Gasteiger partial charge in [0.25, 0.3) is 0 Å². The highest BCUT2D eigenvalue weighted by atomic mass is 19.4. The van der Waals surface area contributed by atoms with Gasteiger partial charge in [-0.25, -0.2) is 0 Å². The topological polar surface area (TPSA) is 67.6 Å². The highest BCUT2D eigenvalue weighted by Gasteiger charge is 2.29. The van der Waals surface area contributed by atoms with Crippen LogP contribution in [0.1, 0.15) is 0 Å². The van der Waals surface area contributed by atoms with E-state index in [4.69, 9.17) is 10.5 Å². The van der Waals surface area contributed by atoms with Gasteiger partial charge in [0.1, 0.15) is 5.75 Å². The van der Waals surface area contributed by atoms with Crippen molar-refractivity contribution in [2.75, 3.05) is 38.3 Å². The van der Waals surface area contributed by atoms with Crippen LogP contribution in [0.5, 0.6) is 5.75 Å². The number of carbonyl (C=O) groups is 1. The number of methoxy groups -OCH3 is 1.